The van der Waals surface area contributed by atoms with Gasteiger partial charge in [0.1, 0.15) is 17.5 Å². The smallest absolute Gasteiger partial charge is 0.200 e. The van der Waals surface area contributed by atoms with E-state index in [2.05, 4.69) is 21.6 Å². The molecule has 0 spiro atoms. The van der Waals surface area contributed by atoms with E-state index in [1.165, 1.54) is 12.8 Å². The summed E-state index contributed by atoms with van der Waals surface area (Å²) in [5.74, 6) is 1.59. The molecule has 2 fully saturated rings. The molecule has 2 aliphatic heterocycles. The number of morpholine rings is 1. The van der Waals surface area contributed by atoms with Crippen LogP contribution in [0.1, 0.15) is 38.3 Å². The van der Waals surface area contributed by atoms with Crippen molar-refractivity contribution in [2.45, 2.75) is 38.6 Å². The van der Waals surface area contributed by atoms with E-state index in [4.69, 9.17) is 14.7 Å². The molecule has 0 atom stereocenters. The number of anilines is 1. The highest BCUT2D eigenvalue weighted by molar-refractivity contribution is 5.91. The average Bonchev–Trinajstić information content (AvgIpc) is 3.25. The van der Waals surface area contributed by atoms with Gasteiger partial charge >= 0.3 is 0 Å². The number of nitrogens with one attached hydrogen (secondary N) is 2. The third-order valence-electron chi connectivity index (χ3n) is 5.39. The van der Waals surface area contributed by atoms with Crippen molar-refractivity contribution >= 4 is 17.4 Å². The Morgan fingerprint density at radius 2 is 2.07 bits per heavy atom. The lowest BCUT2D eigenvalue weighted by Gasteiger charge is -2.28. The van der Waals surface area contributed by atoms with Crippen molar-refractivity contribution in [3.05, 3.63) is 41.4 Å². The number of aromatic nitrogens is 1. The Morgan fingerprint density at radius 1 is 1.29 bits per heavy atom. The van der Waals surface area contributed by atoms with Crippen LogP contribution in [0.4, 0.5) is 5.82 Å². The molecule has 146 valence electrons. The first-order valence-corrected chi connectivity index (χ1v) is 9.97. The van der Waals surface area contributed by atoms with E-state index in [1.807, 2.05) is 31.3 Å². The van der Waals surface area contributed by atoms with Gasteiger partial charge in [-0.1, -0.05) is 18.9 Å². The second-order valence-corrected chi connectivity index (χ2v) is 7.35. The van der Waals surface area contributed by atoms with Crippen molar-refractivity contribution in [1.29, 1.82) is 5.26 Å². The predicted molar refractivity (Wildman–Crippen MR) is 110 cm³/mol. The highest BCUT2D eigenvalue weighted by Crippen LogP contribution is 2.25. The average molecular weight is 378 g/mol. The molecule has 1 saturated carbocycles. The summed E-state index contributed by atoms with van der Waals surface area (Å²) in [4.78, 5) is 11.7. The number of nitriles is 1. The molecule has 0 amide bonds. The number of guanidine groups is 1. The molecule has 28 heavy (non-hydrogen) atoms. The molecule has 1 aromatic rings. The number of hydrogen-bond acceptors (Lipinski definition) is 5. The minimum absolute atomic E-state index is 0.358. The fraction of sp³-hybridized carbons (Fsp3) is 0.476. The van der Waals surface area contributed by atoms with Crippen LogP contribution in [0.25, 0.3) is 5.57 Å². The number of aliphatic imine (C=N–C) groups is 1. The molecular formula is C21H26N6O. The van der Waals surface area contributed by atoms with Gasteiger partial charge in [0, 0.05) is 19.3 Å². The van der Waals surface area contributed by atoms with E-state index in [9.17, 15) is 5.26 Å². The van der Waals surface area contributed by atoms with Gasteiger partial charge in [-0.05, 0) is 37.5 Å². The Bertz CT molecular complexity index is 854. The molecule has 0 unspecified atom stereocenters. The molecule has 0 bridgehead atoms. The lowest BCUT2D eigenvalue weighted by Crippen LogP contribution is -2.39. The number of hydrogen-bond donors (Lipinski definition) is 2. The molecule has 7 nitrogen and oxygen atoms in total. The van der Waals surface area contributed by atoms with Crippen LogP contribution in [-0.2, 0) is 4.74 Å². The SMILES string of the molecule is CC1=CNC(=NC2CCCC2)NC1=C(C#N)c1cccc(N2CCOCC2)n1. The summed E-state index contributed by atoms with van der Waals surface area (Å²) in [5.41, 5.74) is 2.93. The quantitative estimate of drug-likeness (QED) is 0.786. The highest BCUT2D eigenvalue weighted by atomic mass is 16.5. The Kier molecular flexibility index (Phi) is 5.58. The minimum Gasteiger partial charge on any atom is -0.378 e. The van der Waals surface area contributed by atoms with Crippen molar-refractivity contribution in [2.75, 3.05) is 31.2 Å². The van der Waals surface area contributed by atoms with Crippen LogP contribution >= 0.6 is 0 Å². The summed E-state index contributed by atoms with van der Waals surface area (Å²) in [7, 11) is 0. The van der Waals surface area contributed by atoms with Crippen LogP contribution in [-0.4, -0.2) is 43.3 Å². The number of nitrogens with zero attached hydrogens (tertiary/aromatic N) is 4. The molecule has 3 aliphatic rings. The fourth-order valence-electron chi connectivity index (χ4n) is 3.82. The molecule has 7 heteroatoms. The summed E-state index contributed by atoms with van der Waals surface area (Å²) >= 11 is 0. The Labute approximate surface area is 165 Å². The molecule has 0 aromatic carbocycles. The molecular weight excluding hydrogens is 352 g/mol. The van der Waals surface area contributed by atoms with Crippen molar-refractivity contribution < 1.29 is 4.74 Å². The second-order valence-electron chi connectivity index (χ2n) is 7.35. The van der Waals surface area contributed by atoms with Crippen molar-refractivity contribution in [2.24, 2.45) is 4.99 Å². The maximum Gasteiger partial charge on any atom is 0.200 e. The van der Waals surface area contributed by atoms with Gasteiger partial charge in [0.25, 0.3) is 0 Å². The maximum absolute atomic E-state index is 9.91. The molecule has 1 aliphatic carbocycles. The standard InChI is InChI=1S/C21H26N6O/c1-15-14-23-21(24-16-5-2-3-6-16)26-20(15)17(13-22)18-7-4-8-19(25-18)27-9-11-28-12-10-27/h4,7-8,14,16H,2-3,5-6,9-12H2,1H3,(H2,23,24,26). The Hall–Kier alpha value is -2.85. The van der Waals surface area contributed by atoms with Crippen LogP contribution in [0.3, 0.4) is 0 Å². The zero-order chi connectivity index (χ0) is 19.3. The topological polar surface area (TPSA) is 85.6 Å². The second kappa shape index (κ2) is 8.44. The lowest BCUT2D eigenvalue weighted by atomic mass is 10.0. The molecule has 4 rings (SSSR count). The van der Waals surface area contributed by atoms with E-state index >= 15 is 0 Å². The van der Waals surface area contributed by atoms with E-state index in [0.717, 1.165) is 43.0 Å². The normalized spacial score (nSPS) is 23.6. The zero-order valence-electron chi connectivity index (χ0n) is 16.2. The van der Waals surface area contributed by atoms with Gasteiger partial charge in [-0.15, -0.1) is 0 Å². The Morgan fingerprint density at radius 3 is 2.82 bits per heavy atom. The summed E-state index contributed by atoms with van der Waals surface area (Å²) in [5, 5.41) is 16.5. The first-order valence-electron chi connectivity index (χ1n) is 9.97. The van der Waals surface area contributed by atoms with Gasteiger partial charge in [0.15, 0.2) is 5.96 Å². The van der Waals surface area contributed by atoms with Gasteiger partial charge in [-0.25, -0.2) is 9.98 Å². The molecule has 1 saturated heterocycles. The summed E-state index contributed by atoms with van der Waals surface area (Å²) < 4.78 is 5.43. The van der Waals surface area contributed by atoms with Gasteiger partial charge < -0.3 is 20.3 Å². The predicted octanol–water partition coefficient (Wildman–Crippen LogP) is 2.55. The van der Waals surface area contributed by atoms with E-state index in [-0.39, 0.29) is 0 Å². The van der Waals surface area contributed by atoms with Crippen molar-refractivity contribution in [1.82, 2.24) is 15.6 Å². The van der Waals surface area contributed by atoms with Crippen molar-refractivity contribution in [3.63, 3.8) is 0 Å². The first kappa shape index (κ1) is 18.5. The largest absolute Gasteiger partial charge is 0.378 e. The molecule has 1 aromatic heterocycles. The summed E-state index contributed by atoms with van der Waals surface area (Å²) in [6.45, 7) is 5.01. The van der Waals surface area contributed by atoms with Gasteiger partial charge in [0.05, 0.1) is 30.6 Å². The van der Waals surface area contributed by atoms with Crippen molar-refractivity contribution in [3.8, 4) is 6.07 Å². The van der Waals surface area contributed by atoms with Crippen LogP contribution in [0.5, 0.6) is 0 Å². The van der Waals surface area contributed by atoms with Gasteiger partial charge in [-0.2, -0.15) is 5.26 Å². The van der Waals surface area contributed by atoms with Crippen LogP contribution in [0.2, 0.25) is 0 Å². The van der Waals surface area contributed by atoms with E-state index < -0.39 is 0 Å². The number of rotatable bonds is 3. The van der Waals surface area contributed by atoms with E-state index in [1.54, 1.807) is 0 Å². The third kappa shape index (κ3) is 4.02. The Balaban J connectivity index is 1.64. The molecule has 2 N–H and O–H groups in total. The van der Waals surface area contributed by atoms with Gasteiger partial charge in [-0.3, -0.25) is 0 Å². The lowest BCUT2D eigenvalue weighted by molar-refractivity contribution is 0.122. The summed E-state index contributed by atoms with van der Waals surface area (Å²) in [6, 6.07) is 8.54. The monoisotopic (exact) mass is 378 g/mol. The first-order chi connectivity index (χ1) is 13.7. The summed E-state index contributed by atoms with van der Waals surface area (Å²) in [6.07, 6.45) is 6.63. The van der Waals surface area contributed by atoms with E-state index in [0.29, 0.717) is 36.5 Å². The van der Waals surface area contributed by atoms with Crippen LogP contribution < -0.4 is 15.5 Å². The van der Waals surface area contributed by atoms with Gasteiger partial charge in [0.2, 0.25) is 0 Å². The number of allylic oxidation sites excluding steroid dienone is 2. The van der Waals surface area contributed by atoms with Crippen LogP contribution in [0.15, 0.2) is 40.7 Å². The highest BCUT2D eigenvalue weighted by Gasteiger charge is 2.21. The number of pyridine rings is 1. The third-order valence-corrected chi connectivity index (χ3v) is 5.39. The number of ether oxygens (including phenoxy) is 1. The maximum atomic E-state index is 9.91. The minimum atomic E-state index is 0.358. The zero-order valence-corrected chi connectivity index (χ0v) is 16.2. The molecule has 3 heterocycles. The molecule has 0 radical (unpaired) electrons. The van der Waals surface area contributed by atoms with Crippen LogP contribution in [0, 0.1) is 11.3 Å². The fourth-order valence-corrected chi connectivity index (χ4v) is 3.82.